The zero-order chi connectivity index (χ0) is 24.5. The first-order valence-corrected chi connectivity index (χ1v) is 13.8. The molecule has 0 N–H and O–H groups in total. The molecule has 2 aliphatic carbocycles. The van der Waals surface area contributed by atoms with Gasteiger partial charge in [0.1, 0.15) is 0 Å². The molecule has 0 bridgehead atoms. The molecule has 4 atom stereocenters. The van der Waals surface area contributed by atoms with Crippen molar-refractivity contribution in [1.29, 1.82) is 5.26 Å². The summed E-state index contributed by atoms with van der Waals surface area (Å²) in [4.78, 5) is 16.1. The third-order valence-electron chi connectivity index (χ3n) is 7.49. The molecular weight excluding hydrogens is 468 g/mol. The van der Waals surface area contributed by atoms with Gasteiger partial charge in [0.05, 0.1) is 27.5 Å². The van der Waals surface area contributed by atoms with E-state index in [1.807, 2.05) is 30.9 Å². The number of carbonyl (C=O) groups excluding carboxylic acids is 1. The van der Waals surface area contributed by atoms with Crippen LogP contribution in [-0.2, 0) is 21.2 Å². The lowest BCUT2D eigenvalue weighted by atomic mass is 9.90. The second kappa shape index (κ2) is 9.71. The summed E-state index contributed by atoms with van der Waals surface area (Å²) in [6.45, 7) is 4.25. The number of nitriles is 1. The topological polar surface area (TPSA) is 78.2 Å². The average Bonchev–Trinajstić information content (AvgIpc) is 3.47. The Labute approximate surface area is 207 Å². The maximum atomic E-state index is 14.0. The molecule has 0 aliphatic heterocycles. The molecule has 2 aromatic rings. The number of aryl methyl sites for hydroxylation is 1. The summed E-state index contributed by atoms with van der Waals surface area (Å²) < 4.78 is 27.0. The first kappa shape index (κ1) is 24.8. The van der Waals surface area contributed by atoms with Gasteiger partial charge in [-0.2, -0.15) is 5.26 Å². The van der Waals surface area contributed by atoms with Gasteiger partial charge in [-0.1, -0.05) is 47.9 Å². The Hall–Kier alpha value is -2.36. The maximum absolute atomic E-state index is 14.0. The normalized spacial score (nSPS) is 26.8. The van der Waals surface area contributed by atoms with E-state index in [0.717, 1.165) is 24.0 Å². The largest absolute Gasteiger partial charge is 0.335 e. The lowest BCUT2D eigenvalue weighted by molar-refractivity contribution is -0.138. The Morgan fingerprint density at radius 3 is 2.41 bits per heavy atom. The number of nitrogens with zero attached hydrogens (tertiary/aromatic N) is 2. The van der Waals surface area contributed by atoms with E-state index >= 15 is 0 Å². The molecule has 180 valence electrons. The van der Waals surface area contributed by atoms with E-state index in [9.17, 15) is 18.5 Å². The zero-order valence-corrected chi connectivity index (χ0v) is 21.3. The van der Waals surface area contributed by atoms with Crippen molar-refractivity contribution < 1.29 is 13.2 Å². The maximum Gasteiger partial charge on any atom is 0.227 e. The van der Waals surface area contributed by atoms with Crippen molar-refractivity contribution in [2.75, 3.05) is 0 Å². The molecule has 4 rings (SSSR count). The molecule has 2 fully saturated rings. The van der Waals surface area contributed by atoms with Crippen molar-refractivity contribution in [2.45, 2.75) is 75.1 Å². The van der Waals surface area contributed by atoms with Gasteiger partial charge in [0.25, 0.3) is 0 Å². The SMILES string of the molecule is Cc1ccc(S(=O)(=O)[C@@H]2CCC[C@H]2C(=O)N(Cc2ccc(Cl)cc2)[C@@H]2CCC(C)(C#N)C2)cc1. The fraction of sp³-hybridized carbons (Fsp3) is 0.481. The number of hydrogen-bond acceptors (Lipinski definition) is 4. The van der Waals surface area contributed by atoms with Crippen LogP contribution >= 0.6 is 11.6 Å². The summed E-state index contributed by atoms with van der Waals surface area (Å²) in [6.07, 6.45) is 3.84. The van der Waals surface area contributed by atoms with E-state index in [1.54, 1.807) is 36.4 Å². The highest BCUT2D eigenvalue weighted by Gasteiger charge is 2.46. The highest BCUT2D eigenvalue weighted by atomic mass is 35.5. The standard InChI is InChI=1S/C27H31ClN2O3S/c1-19-6-12-23(13-7-19)34(32,33)25-5-3-4-24(25)26(31)30(17-20-8-10-21(28)11-9-20)22-14-15-27(2,16-22)18-29/h6-13,22,24-25H,3-5,14-17H2,1-2H3/t22-,24-,25-,27?/m1/s1. The van der Waals surface area contributed by atoms with E-state index in [0.29, 0.717) is 37.3 Å². The second-order valence-electron chi connectivity index (χ2n) is 10.1. The Morgan fingerprint density at radius 1 is 1.12 bits per heavy atom. The van der Waals surface area contributed by atoms with Gasteiger partial charge in [-0.3, -0.25) is 4.79 Å². The number of halogens is 1. The summed E-state index contributed by atoms with van der Waals surface area (Å²) in [7, 11) is -3.63. The number of rotatable bonds is 6. The fourth-order valence-corrected chi connectivity index (χ4v) is 7.60. The molecule has 0 heterocycles. The summed E-state index contributed by atoms with van der Waals surface area (Å²) in [5.74, 6) is -0.687. The first-order valence-electron chi connectivity index (χ1n) is 11.9. The van der Waals surface area contributed by atoms with Crippen molar-refractivity contribution >= 4 is 27.3 Å². The average molecular weight is 499 g/mol. The quantitative estimate of drug-likeness (QED) is 0.511. The molecule has 2 aliphatic rings. The molecule has 0 radical (unpaired) electrons. The number of amides is 1. The smallest absolute Gasteiger partial charge is 0.227 e. The molecule has 0 aromatic heterocycles. The van der Waals surface area contributed by atoms with Crippen LogP contribution in [0.3, 0.4) is 0 Å². The number of sulfone groups is 1. The Morgan fingerprint density at radius 2 is 1.79 bits per heavy atom. The van der Waals surface area contributed by atoms with Crippen LogP contribution in [-0.4, -0.2) is 30.5 Å². The molecule has 34 heavy (non-hydrogen) atoms. The van der Waals surface area contributed by atoms with Crippen LogP contribution in [0.2, 0.25) is 5.02 Å². The van der Waals surface area contributed by atoms with E-state index in [2.05, 4.69) is 6.07 Å². The lowest BCUT2D eigenvalue weighted by Gasteiger charge is -2.33. The van der Waals surface area contributed by atoms with E-state index < -0.39 is 26.4 Å². The summed E-state index contributed by atoms with van der Waals surface area (Å²) in [5, 5.41) is 9.54. The summed E-state index contributed by atoms with van der Waals surface area (Å²) in [5.41, 5.74) is 1.47. The van der Waals surface area contributed by atoms with Crippen LogP contribution < -0.4 is 0 Å². The number of benzene rings is 2. The van der Waals surface area contributed by atoms with E-state index in [4.69, 9.17) is 11.6 Å². The molecule has 2 aromatic carbocycles. The van der Waals surface area contributed by atoms with Crippen LogP contribution in [0.15, 0.2) is 53.4 Å². The number of carbonyl (C=O) groups is 1. The molecule has 5 nitrogen and oxygen atoms in total. The summed E-state index contributed by atoms with van der Waals surface area (Å²) >= 11 is 6.05. The van der Waals surface area contributed by atoms with Gasteiger partial charge >= 0.3 is 0 Å². The van der Waals surface area contributed by atoms with Crippen molar-refractivity contribution in [1.82, 2.24) is 4.90 Å². The highest BCUT2D eigenvalue weighted by molar-refractivity contribution is 7.92. The predicted molar refractivity (Wildman–Crippen MR) is 133 cm³/mol. The van der Waals surface area contributed by atoms with Crippen LogP contribution in [0.5, 0.6) is 0 Å². The minimum atomic E-state index is -3.63. The predicted octanol–water partition coefficient (Wildman–Crippen LogP) is 5.70. The van der Waals surface area contributed by atoms with Gasteiger partial charge in [0.2, 0.25) is 5.91 Å². The van der Waals surface area contributed by atoms with Gasteiger partial charge in [-0.05, 0) is 75.8 Å². The second-order valence-corrected chi connectivity index (χ2v) is 12.7. The van der Waals surface area contributed by atoms with Crippen molar-refractivity contribution in [3.05, 3.63) is 64.7 Å². The minimum absolute atomic E-state index is 0.0869. The third kappa shape index (κ3) is 5.01. The van der Waals surface area contributed by atoms with E-state index in [1.165, 1.54) is 0 Å². The lowest BCUT2D eigenvalue weighted by Crippen LogP contribution is -2.45. The Balaban J connectivity index is 1.63. The van der Waals surface area contributed by atoms with Gasteiger partial charge < -0.3 is 4.90 Å². The first-order chi connectivity index (χ1) is 16.1. The van der Waals surface area contributed by atoms with Gasteiger partial charge in [-0.15, -0.1) is 0 Å². The van der Waals surface area contributed by atoms with Crippen molar-refractivity contribution in [2.24, 2.45) is 11.3 Å². The molecule has 1 unspecified atom stereocenters. The number of hydrogen-bond donors (Lipinski definition) is 0. The molecule has 0 saturated heterocycles. The monoisotopic (exact) mass is 498 g/mol. The van der Waals surface area contributed by atoms with Crippen LogP contribution in [0, 0.1) is 29.6 Å². The van der Waals surface area contributed by atoms with Crippen molar-refractivity contribution in [3.8, 4) is 6.07 Å². The van der Waals surface area contributed by atoms with Gasteiger partial charge in [0, 0.05) is 17.6 Å². The Kier molecular flexibility index (Phi) is 7.07. The molecule has 7 heteroatoms. The molecular formula is C27H31ClN2O3S. The summed E-state index contributed by atoms with van der Waals surface area (Å²) in [6, 6.07) is 16.6. The minimum Gasteiger partial charge on any atom is -0.335 e. The van der Waals surface area contributed by atoms with Gasteiger partial charge in [-0.25, -0.2) is 8.42 Å². The van der Waals surface area contributed by atoms with Gasteiger partial charge in [0.15, 0.2) is 9.84 Å². The molecule has 1 amide bonds. The van der Waals surface area contributed by atoms with Crippen LogP contribution in [0.25, 0.3) is 0 Å². The fourth-order valence-electron chi connectivity index (χ4n) is 5.45. The zero-order valence-electron chi connectivity index (χ0n) is 19.7. The highest BCUT2D eigenvalue weighted by Crippen LogP contribution is 2.42. The van der Waals surface area contributed by atoms with Crippen molar-refractivity contribution in [3.63, 3.8) is 0 Å². The Bertz CT molecular complexity index is 1190. The molecule has 2 saturated carbocycles. The van der Waals surface area contributed by atoms with Crippen LogP contribution in [0.1, 0.15) is 56.6 Å². The van der Waals surface area contributed by atoms with Crippen LogP contribution in [0.4, 0.5) is 0 Å². The third-order valence-corrected chi connectivity index (χ3v) is 10.0. The molecule has 0 spiro atoms. The van der Waals surface area contributed by atoms with E-state index in [-0.39, 0.29) is 16.8 Å².